The fraction of sp³-hybridized carbons (Fsp3) is 0.526. The minimum atomic E-state index is -1.13. The summed E-state index contributed by atoms with van der Waals surface area (Å²) in [5.41, 5.74) is 13.7. The van der Waals surface area contributed by atoms with Crippen LogP contribution >= 0.6 is 11.6 Å². The summed E-state index contributed by atoms with van der Waals surface area (Å²) in [6, 6.07) is 28.6. The third-order valence-corrected chi connectivity index (χ3v) is 20.5. The van der Waals surface area contributed by atoms with E-state index >= 15 is 0 Å². The highest BCUT2D eigenvalue weighted by atomic mass is 35.5. The Hall–Kier alpha value is -9.51. The smallest absolute Gasteiger partial charge is 0.410 e. The second kappa shape index (κ2) is 40.1. The molecule has 12 N–H and O–H groups in total. The predicted octanol–water partition coefficient (Wildman–Crippen LogP) is 7.21. The minimum absolute atomic E-state index is 0.00514. The zero-order chi connectivity index (χ0) is 75.7. The maximum atomic E-state index is 13.3. The second-order valence-electron chi connectivity index (χ2n) is 27.6. The van der Waals surface area contributed by atoms with Crippen LogP contribution in [-0.2, 0) is 38.2 Å². The molecule has 10 amide bonds. The normalized spacial score (nSPS) is 23.3. The molecule has 0 bridgehead atoms. The largest absolute Gasteiger partial charge is 0.480 e. The summed E-state index contributed by atoms with van der Waals surface area (Å²) >= 11 is 4.64. The van der Waals surface area contributed by atoms with E-state index in [4.69, 9.17) is 9.47 Å². The number of aliphatic hydroxyl groups is 3. The first kappa shape index (κ1) is 81.2. The van der Waals surface area contributed by atoms with Gasteiger partial charge in [-0.25, -0.2) is 34.8 Å². The van der Waals surface area contributed by atoms with Crippen LogP contribution in [-0.4, -0.2) is 198 Å². The van der Waals surface area contributed by atoms with Gasteiger partial charge in [-0.3, -0.25) is 33.8 Å². The van der Waals surface area contributed by atoms with Gasteiger partial charge in [0.2, 0.25) is 28.9 Å². The number of nitrogens with one attached hydrogen (secondary N) is 8. The van der Waals surface area contributed by atoms with Crippen molar-refractivity contribution in [1.29, 1.82) is 0 Å². The molecule has 0 spiro atoms. The van der Waals surface area contributed by atoms with E-state index in [-0.39, 0.29) is 110 Å². The average molecular weight is 1470 g/mol. The summed E-state index contributed by atoms with van der Waals surface area (Å²) in [5, 5.41) is 63.2. The summed E-state index contributed by atoms with van der Waals surface area (Å²) in [6.07, 6.45) is 9.56. The molecule has 0 aromatic heterocycles. The highest BCUT2D eigenvalue weighted by molar-refractivity contribution is 6.62. The van der Waals surface area contributed by atoms with Crippen LogP contribution in [0.15, 0.2) is 107 Å². The lowest BCUT2D eigenvalue weighted by Crippen LogP contribution is -2.49. The number of likely N-dealkylation sites (tertiary alicyclic amines) is 2. The molecule has 4 aromatic rings. The molecule has 7 aliphatic rings. The highest BCUT2D eigenvalue weighted by Crippen LogP contribution is 2.46. The molecule has 11 rings (SSSR count). The van der Waals surface area contributed by atoms with Crippen molar-refractivity contribution in [1.82, 2.24) is 52.6 Å². The van der Waals surface area contributed by atoms with Crippen LogP contribution in [0.25, 0.3) is 22.3 Å². The van der Waals surface area contributed by atoms with Crippen LogP contribution in [0.1, 0.15) is 151 Å². The molecule has 568 valence electrons. The molecular weight excluding hydrogens is 1370 g/mol. The lowest BCUT2D eigenvalue weighted by Gasteiger charge is -2.27. The molecular formula is C76H101ClN12O16. The maximum absolute atomic E-state index is 13.3. The lowest BCUT2D eigenvalue weighted by molar-refractivity contribution is -0.141. The average Bonchev–Trinajstić information content (AvgIpc) is 1.62. The first-order chi connectivity index (χ1) is 50.5. The number of hydrogen-bond donors (Lipinski definition) is 12. The molecule has 28 nitrogen and oxygen atoms in total. The van der Waals surface area contributed by atoms with E-state index in [1.165, 1.54) is 24.3 Å². The Kier molecular flexibility index (Phi) is 31.0. The van der Waals surface area contributed by atoms with Gasteiger partial charge in [0, 0.05) is 89.0 Å². The summed E-state index contributed by atoms with van der Waals surface area (Å²) in [6.45, 7) is 6.35. The number of aliphatic hydroxyl groups excluding tert-OH is 3. The third kappa shape index (κ3) is 23.0. The van der Waals surface area contributed by atoms with Crippen LogP contribution in [0.2, 0.25) is 0 Å². The Balaban J connectivity index is 0.000000204. The van der Waals surface area contributed by atoms with E-state index in [1.807, 2.05) is 98.8 Å². The molecule has 5 aliphatic carbocycles. The summed E-state index contributed by atoms with van der Waals surface area (Å²) < 4.78 is 11.2. The molecule has 8 atom stereocenters. The van der Waals surface area contributed by atoms with E-state index in [0.717, 1.165) is 101 Å². The second-order valence-corrected chi connectivity index (χ2v) is 28.1. The Morgan fingerprint density at radius 3 is 1.20 bits per heavy atom. The third-order valence-electron chi connectivity index (χ3n) is 20.5. The van der Waals surface area contributed by atoms with Gasteiger partial charge in [0.05, 0.1) is 43.5 Å². The Morgan fingerprint density at radius 2 is 0.848 bits per heavy atom. The fourth-order valence-electron chi connectivity index (χ4n) is 14.7. The van der Waals surface area contributed by atoms with Crippen LogP contribution < -0.4 is 42.8 Å². The number of carboxylic acids is 1. The summed E-state index contributed by atoms with van der Waals surface area (Å²) in [5.74, 6) is -1.01. The first-order valence-corrected chi connectivity index (χ1v) is 36.7. The number of ether oxygens (including phenoxy) is 2. The number of aliphatic carboxylic acids is 1. The fourth-order valence-corrected chi connectivity index (χ4v) is 14.7. The number of nitrogens with zero attached hydrogens (tertiary/aromatic N) is 4. The molecule has 3 saturated carbocycles. The monoisotopic (exact) mass is 1470 g/mol. The van der Waals surface area contributed by atoms with Gasteiger partial charge in [0.25, 0.3) is 0 Å². The SMILES string of the molecule is CC(=O)Cl.CC[C@@H](/C=N/NC(=O)NCC1CCC(C(=O)NC)CC1)NC(=O)[C@@H]1C[C@@H](O)CN1C(=O)OCC1c2ccccc2-c2ccccc21.CC[C@@H](/C=N/NC(=O)NCC1CCC(C(=O)NC)CC1)NC(=O)[C@H]1CC[C@H](O)C1.O=C(O)[C@@H]1C[C@@H](O)CN1C(=O)OCC1c2ccccc2-c2ccccc21. The van der Waals surface area contributed by atoms with E-state index < -0.39 is 60.4 Å². The van der Waals surface area contributed by atoms with Crippen molar-refractivity contribution in [3.05, 3.63) is 119 Å². The summed E-state index contributed by atoms with van der Waals surface area (Å²) in [4.78, 5) is 122. The zero-order valence-corrected chi connectivity index (χ0v) is 60.9. The first-order valence-electron chi connectivity index (χ1n) is 36.3. The quantitative estimate of drug-likeness (QED) is 0.0223. The van der Waals surface area contributed by atoms with Crippen LogP contribution in [0.5, 0.6) is 0 Å². The number of β-amino-alcohol motifs (C(OH)–C–C–N with tert-alkyl or cyclic N) is 2. The van der Waals surface area contributed by atoms with Gasteiger partial charge in [-0.1, -0.05) is 111 Å². The number of urea groups is 2. The van der Waals surface area contributed by atoms with Gasteiger partial charge in [0.1, 0.15) is 25.3 Å². The van der Waals surface area contributed by atoms with Crippen molar-refractivity contribution >= 4 is 83.1 Å². The van der Waals surface area contributed by atoms with Crippen molar-refractivity contribution in [3.8, 4) is 22.3 Å². The van der Waals surface area contributed by atoms with Crippen molar-refractivity contribution in [2.24, 2.45) is 39.8 Å². The van der Waals surface area contributed by atoms with E-state index in [0.29, 0.717) is 57.0 Å². The number of carboxylic acid groups (broad SMARTS) is 1. The van der Waals surface area contributed by atoms with Gasteiger partial charge in [-0.2, -0.15) is 10.2 Å². The van der Waals surface area contributed by atoms with Gasteiger partial charge in [-0.05, 0) is 151 Å². The molecule has 0 unspecified atom stereocenters. The maximum Gasteiger partial charge on any atom is 0.410 e. The Morgan fingerprint density at radius 1 is 0.495 bits per heavy atom. The molecule has 5 fully saturated rings. The highest BCUT2D eigenvalue weighted by Gasteiger charge is 2.43. The topological polar surface area (TPSA) is 398 Å². The number of fused-ring (bicyclic) bond motifs is 6. The minimum Gasteiger partial charge on any atom is -0.480 e. The number of carbonyl (C=O) groups excluding carboxylic acids is 9. The van der Waals surface area contributed by atoms with Crippen molar-refractivity contribution in [2.75, 3.05) is 53.5 Å². The molecule has 105 heavy (non-hydrogen) atoms. The van der Waals surface area contributed by atoms with Crippen molar-refractivity contribution in [3.63, 3.8) is 0 Å². The number of halogens is 1. The summed E-state index contributed by atoms with van der Waals surface area (Å²) in [7, 11) is 3.31. The zero-order valence-electron chi connectivity index (χ0n) is 60.2. The number of hydrogen-bond acceptors (Lipinski definition) is 17. The number of amides is 10. The molecule has 2 saturated heterocycles. The predicted molar refractivity (Wildman–Crippen MR) is 393 cm³/mol. The lowest BCUT2D eigenvalue weighted by atomic mass is 9.81. The molecule has 2 heterocycles. The number of benzene rings is 4. The van der Waals surface area contributed by atoms with Crippen LogP contribution in [0.3, 0.4) is 0 Å². The molecule has 0 radical (unpaired) electrons. The number of hydrazone groups is 2. The van der Waals surface area contributed by atoms with Crippen molar-refractivity contribution < 1.29 is 77.8 Å². The number of rotatable bonds is 21. The van der Waals surface area contributed by atoms with Gasteiger partial charge < -0.3 is 61.8 Å². The molecule has 4 aromatic carbocycles. The van der Waals surface area contributed by atoms with Crippen molar-refractivity contribution in [2.45, 2.75) is 171 Å². The van der Waals surface area contributed by atoms with Gasteiger partial charge in [-0.15, -0.1) is 0 Å². The van der Waals surface area contributed by atoms with E-state index in [1.54, 1.807) is 14.1 Å². The Bertz CT molecular complexity index is 3620. The van der Waals surface area contributed by atoms with E-state index in [9.17, 15) is 68.4 Å². The van der Waals surface area contributed by atoms with Gasteiger partial charge >= 0.3 is 30.2 Å². The van der Waals surface area contributed by atoms with Crippen LogP contribution in [0.4, 0.5) is 19.2 Å². The van der Waals surface area contributed by atoms with Crippen LogP contribution in [0, 0.1) is 29.6 Å². The number of carbonyl (C=O) groups is 10. The molecule has 29 heteroatoms. The molecule has 2 aliphatic heterocycles. The van der Waals surface area contributed by atoms with E-state index in [2.05, 4.69) is 76.7 Å². The van der Waals surface area contributed by atoms with Gasteiger partial charge in [0.15, 0.2) is 0 Å². The standard InChI is InChI=1S/C34H44N6O6.C20H35N5O4.C20H19NO5.C2H3ClO/c1-3-23(18-37-39-33(44)36-17-21-12-14-22(15-13-21)31(42)35-2)38-32(43)30-16-24(41)19-40(30)34(45)46-20-29-27-10-6-4-8-25(27)26-9-5-7-11-28(26)29;1-3-16(24-19(28)15-8-9-17(26)10-15)12-23-25-20(29)22-11-13-4-6-14(7-5-13)18(27)21-2;22-12-9-18(19(23)24)21(10-12)20(25)26-11-17-15-7-3-1-5-13(15)14-6-2-4-8-16(14)17;1-2(3)4/h4-11,18,21-24,29-30,41H,3,12-17,19-20H2,1-2H3,(H,35,42)(H,38,43)(H2,36,39,44);12-17,26H,3-11H2,1-2H3,(H,21,27)(H,24,28)(H2,22,25,29);1-8,12,17-18,22H,9-11H2,(H,23,24);1H3/b37-18+;23-12+;;/t21?,22?,23-,24+,30-;13?,14?,15-,16-,17-;12-,18+;/m001./s1. The Labute approximate surface area is 617 Å².